The van der Waals surface area contributed by atoms with Gasteiger partial charge in [-0.3, -0.25) is 0 Å². The molecule has 3 nitrogen and oxygen atoms in total. The number of alkyl halides is 1. The van der Waals surface area contributed by atoms with Crippen molar-refractivity contribution in [3.8, 4) is 0 Å². The monoisotopic (exact) mass is 241 g/mol. The Morgan fingerprint density at radius 1 is 1.29 bits per heavy atom. The SMILES string of the molecule is CC(C)(C)CCNS(=O)(=O)CCCCl. The highest BCUT2D eigenvalue weighted by molar-refractivity contribution is 7.89. The molecule has 0 aliphatic rings. The van der Waals surface area contributed by atoms with Crippen LogP contribution in [0.25, 0.3) is 0 Å². The predicted molar refractivity (Wildman–Crippen MR) is 61.2 cm³/mol. The molecule has 0 unspecified atom stereocenters. The smallest absolute Gasteiger partial charge is 0.211 e. The summed E-state index contributed by atoms with van der Waals surface area (Å²) in [5, 5.41) is 0. The van der Waals surface area contributed by atoms with E-state index in [2.05, 4.69) is 25.5 Å². The standard InChI is InChI=1S/C9H20ClNO2S/c1-9(2,3)5-7-11-14(12,13)8-4-6-10/h11H,4-8H2,1-3H3. The Morgan fingerprint density at radius 2 is 1.86 bits per heavy atom. The number of nitrogens with one attached hydrogen (secondary N) is 1. The van der Waals surface area contributed by atoms with Gasteiger partial charge in [-0.25, -0.2) is 13.1 Å². The molecule has 5 heteroatoms. The molecule has 0 heterocycles. The third kappa shape index (κ3) is 8.78. The van der Waals surface area contributed by atoms with E-state index in [1.807, 2.05) is 0 Å². The zero-order valence-corrected chi connectivity index (χ0v) is 10.7. The van der Waals surface area contributed by atoms with Crippen LogP contribution in [-0.2, 0) is 10.0 Å². The molecule has 0 atom stereocenters. The van der Waals surface area contributed by atoms with Crippen molar-refractivity contribution in [2.75, 3.05) is 18.2 Å². The maximum Gasteiger partial charge on any atom is 0.211 e. The molecule has 0 saturated heterocycles. The van der Waals surface area contributed by atoms with E-state index in [0.717, 1.165) is 6.42 Å². The molecule has 0 spiro atoms. The Hall–Kier alpha value is 0.200. The number of rotatable bonds is 6. The number of sulfonamides is 1. The van der Waals surface area contributed by atoms with Crippen LogP contribution in [0.2, 0.25) is 0 Å². The highest BCUT2D eigenvalue weighted by Crippen LogP contribution is 2.17. The molecule has 0 rings (SSSR count). The van der Waals surface area contributed by atoms with Crippen LogP contribution in [0.4, 0.5) is 0 Å². The van der Waals surface area contributed by atoms with Crippen molar-refractivity contribution >= 4 is 21.6 Å². The summed E-state index contributed by atoms with van der Waals surface area (Å²) in [6.07, 6.45) is 1.35. The normalized spacial score (nSPS) is 13.1. The van der Waals surface area contributed by atoms with Gasteiger partial charge >= 0.3 is 0 Å². The van der Waals surface area contributed by atoms with Gasteiger partial charge in [0, 0.05) is 12.4 Å². The Kier molecular flexibility index (Phi) is 6.02. The lowest BCUT2D eigenvalue weighted by Crippen LogP contribution is -2.29. The summed E-state index contributed by atoms with van der Waals surface area (Å²) in [4.78, 5) is 0. The van der Waals surface area contributed by atoms with Crippen molar-refractivity contribution in [2.24, 2.45) is 5.41 Å². The van der Waals surface area contributed by atoms with E-state index >= 15 is 0 Å². The molecule has 0 aromatic carbocycles. The highest BCUT2D eigenvalue weighted by atomic mass is 35.5. The van der Waals surface area contributed by atoms with E-state index < -0.39 is 10.0 Å². The maximum atomic E-state index is 11.3. The fourth-order valence-corrected chi connectivity index (χ4v) is 2.27. The zero-order valence-electron chi connectivity index (χ0n) is 9.14. The fourth-order valence-electron chi connectivity index (χ4n) is 0.898. The molecule has 0 bridgehead atoms. The molecule has 0 aromatic rings. The third-order valence-electron chi connectivity index (χ3n) is 1.74. The van der Waals surface area contributed by atoms with Crippen LogP contribution in [0.5, 0.6) is 0 Å². The molecule has 0 saturated carbocycles. The van der Waals surface area contributed by atoms with Crippen LogP contribution >= 0.6 is 11.6 Å². The van der Waals surface area contributed by atoms with Gasteiger partial charge in [-0.05, 0) is 18.3 Å². The third-order valence-corrected chi connectivity index (χ3v) is 3.48. The van der Waals surface area contributed by atoms with Crippen molar-refractivity contribution in [3.05, 3.63) is 0 Å². The van der Waals surface area contributed by atoms with Gasteiger partial charge in [0.25, 0.3) is 0 Å². The van der Waals surface area contributed by atoms with Gasteiger partial charge in [-0.1, -0.05) is 20.8 Å². The number of halogens is 1. The molecule has 0 aliphatic heterocycles. The highest BCUT2D eigenvalue weighted by Gasteiger charge is 2.13. The lowest BCUT2D eigenvalue weighted by molar-refractivity contribution is 0.378. The van der Waals surface area contributed by atoms with Gasteiger partial charge in [-0.15, -0.1) is 11.6 Å². The summed E-state index contributed by atoms with van der Waals surface area (Å²) >= 11 is 5.42. The lowest BCUT2D eigenvalue weighted by atomic mass is 9.93. The average molecular weight is 242 g/mol. The van der Waals surface area contributed by atoms with Gasteiger partial charge in [0.1, 0.15) is 0 Å². The maximum absolute atomic E-state index is 11.3. The predicted octanol–water partition coefficient (Wildman–Crippen LogP) is 1.97. The second-order valence-corrected chi connectivity index (χ2v) is 6.87. The van der Waals surface area contributed by atoms with E-state index in [1.54, 1.807) is 0 Å². The van der Waals surface area contributed by atoms with Crippen LogP contribution < -0.4 is 4.72 Å². The second kappa shape index (κ2) is 5.93. The van der Waals surface area contributed by atoms with E-state index in [1.165, 1.54) is 0 Å². The molecule has 0 aliphatic carbocycles. The quantitative estimate of drug-likeness (QED) is 0.723. The lowest BCUT2D eigenvalue weighted by Gasteiger charge is -2.17. The minimum Gasteiger partial charge on any atom is -0.215 e. The van der Waals surface area contributed by atoms with Gasteiger partial charge in [-0.2, -0.15) is 0 Å². The molecule has 0 aromatic heterocycles. The Morgan fingerprint density at radius 3 is 2.29 bits per heavy atom. The Bertz CT molecular complexity index is 244. The number of hydrogen-bond acceptors (Lipinski definition) is 2. The van der Waals surface area contributed by atoms with Gasteiger partial charge in [0.05, 0.1) is 5.75 Å². The first kappa shape index (κ1) is 14.2. The van der Waals surface area contributed by atoms with E-state index in [9.17, 15) is 8.42 Å². The number of hydrogen-bond donors (Lipinski definition) is 1. The van der Waals surface area contributed by atoms with Crippen LogP contribution in [0.3, 0.4) is 0 Å². The largest absolute Gasteiger partial charge is 0.215 e. The minimum atomic E-state index is -3.10. The summed E-state index contributed by atoms with van der Waals surface area (Å²) in [6, 6.07) is 0. The van der Waals surface area contributed by atoms with Crippen molar-refractivity contribution < 1.29 is 8.42 Å². The van der Waals surface area contributed by atoms with Gasteiger partial charge in [0.2, 0.25) is 10.0 Å². The topological polar surface area (TPSA) is 46.2 Å². The van der Waals surface area contributed by atoms with E-state index in [0.29, 0.717) is 18.8 Å². The molecule has 86 valence electrons. The van der Waals surface area contributed by atoms with E-state index in [-0.39, 0.29) is 11.2 Å². The summed E-state index contributed by atoms with van der Waals surface area (Å²) in [6.45, 7) is 6.76. The first-order chi connectivity index (χ1) is 6.27. The molecular weight excluding hydrogens is 222 g/mol. The Balaban J connectivity index is 3.78. The molecule has 0 amide bonds. The fraction of sp³-hybridized carbons (Fsp3) is 1.00. The summed E-state index contributed by atoms with van der Waals surface area (Å²) in [5.41, 5.74) is 0.162. The van der Waals surface area contributed by atoms with Crippen molar-refractivity contribution in [3.63, 3.8) is 0 Å². The Labute approximate surface area is 92.3 Å². The van der Waals surface area contributed by atoms with Gasteiger partial charge in [0.15, 0.2) is 0 Å². The van der Waals surface area contributed by atoms with Crippen LogP contribution in [0, 0.1) is 5.41 Å². The summed E-state index contributed by atoms with van der Waals surface area (Å²) in [7, 11) is -3.10. The summed E-state index contributed by atoms with van der Waals surface area (Å²) < 4.78 is 25.2. The van der Waals surface area contributed by atoms with Crippen molar-refractivity contribution in [2.45, 2.75) is 33.6 Å². The van der Waals surface area contributed by atoms with Crippen molar-refractivity contribution in [1.29, 1.82) is 0 Å². The van der Waals surface area contributed by atoms with Crippen LogP contribution in [0.15, 0.2) is 0 Å². The molecular formula is C9H20ClNO2S. The average Bonchev–Trinajstić information content (AvgIpc) is 1.98. The van der Waals surface area contributed by atoms with Crippen LogP contribution in [0.1, 0.15) is 33.6 Å². The van der Waals surface area contributed by atoms with Crippen molar-refractivity contribution in [1.82, 2.24) is 4.72 Å². The van der Waals surface area contributed by atoms with Gasteiger partial charge < -0.3 is 0 Å². The second-order valence-electron chi connectivity index (χ2n) is 4.57. The molecule has 0 radical (unpaired) electrons. The summed E-state index contributed by atoms with van der Waals surface area (Å²) in [5.74, 6) is 0.515. The first-order valence-electron chi connectivity index (χ1n) is 4.80. The minimum absolute atomic E-state index is 0.126. The van der Waals surface area contributed by atoms with E-state index in [4.69, 9.17) is 11.6 Å². The molecule has 0 fully saturated rings. The van der Waals surface area contributed by atoms with Crippen LogP contribution in [-0.4, -0.2) is 26.6 Å². The zero-order chi connectivity index (χ0) is 11.2. The molecule has 14 heavy (non-hydrogen) atoms. The first-order valence-corrected chi connectivity index (χ1v) is 6.99. The molecule has 1 N–H and O–H groups in total.